The molecule has 2 heterocycles. The van der Waals surface area contributed by atoms with E-state index in [4.69, 9.17) is 5.14 Å². The van der Waals surface area contributed by atoms with Gasteiger partial charge in [0, 0.05) is 32.7 Å². The van der Waals surface area contributed by atoms with Crippen molar-refractivity contribution in [3.05, 3.63) is 40.7 Å². The molecule has 0 saturated heterocycles. The molecule has 1 aromatic rings. The summed E-state index contributed by atoms with van der Waals surface area (Å²) in [7, 11) is -3.99. The number of nitrogens with two attached hydrogens (primary N) is 1. The highest BCUT2D eigenvalue weighted by Gasteiger charge is 2.33. The van der Waals surface area contributed by atoms with Gasteiger partial charge in [0.1, 0.15) is 5.82 Å². The van der Waals surface area contributed by atoms with E-state index in [2.05, 4.69) is 18.7 Å². The lowest BCUT2D eigenvalue weighted by molar-refractivity contribution is 0.0785. The highest BCUT2D eigenvalue weighted by molar-refractivity contribution is 7.89. The van der Waals surface area contributed by atoms with E-state index < -0.39 is 21.7 Å². The largest absolute Gasteiger partial charge is 0.330 e. The van der Waals surface area contributed by atoms with Crippen LogP contribution in [0.15, 0.2) is 34.2 Å². The second-order valence-electron chi connectivity index (χ2n) is 7.12. The van der Waals surface area contributed by atoms with Crippen molar-refractivity contribution in [1.82, 2.24) is 9.80 Å². The van der Waals surface area contributed by atoms with E-state index in [0.717, 1.165) is 31.8 Å². The first-order valence-corrected chi connectivity index (χ1v) is 9.73. The quantitative estimate of drug-likeness (QED) is 0.811. The molecule has 0 spiro atoms. The van der Waals surface area contributed by atoms with Gasteiger partial charge in [-0.25, -0.2) is 17.9 Å². The molecule has 1 amide bonds. The second-order valence-corrected chi connectivity index (χ2v) is 8.68. The molecule has 0 unspecified atom stereocenters. The Morgan fingerprint density at radius 1 is 1.20 bits per heavy atom. The van der Waals surface area contributed by atoms with E-state index in [9.17, 15) is 17.6 Å². The molecule has 8 heteroatoms. The van der Waals surface area contributed by atoms with Crippen molar-refractivity contribution in [2.75, 3.05) is 32.7 Å². The summed E-state index contributed by atoms with van der Waals surface area (Å²) in [4.78, 5) is 16.2. The number of sulfonamides is 1. The van der Waals surface area contributed by atoms with E-state index in [1.165, 1.54) is 17.2 Å². The summed E-state index contributed by atoms with van der Waals surface area (Å²) in [5.41, 5.74) is 2.33. The van der Waals surface area contributed by atoms with Crippen LogP contribution in [0.2, 0.25) is 0 Å². The first-order chi connectivity index (χ1) is 11.6. The minimum absolute atomic E-state index is 0.132. The maximum Gasteiger partial charge on any atom is 0.257 e. The molecule has 136 valence electrons. The molecule has 0 saturated carbocycles. The van der Waals surface area contributed by atoms with E-state index in [1.807, 2.05) is 0 Å². The van der Waals surface area contributed by atoms with Gasteiger partial charge < -0.3 is 4.90 Å². The minimum Gasteiger partial charge on any atom is -0.330 e. The Morgan fingerprint density at radius 3 is 2.28 bits per heavy atom. The predicted octanol–water partition coefficient (Wildman–Crippen LogP) is 1.20. The summed E-state index contributed by atoms with van der Waals surface area (Å²) in [6.45, 7) is 8.07. The maximum absolute atomic E-state index is 14.2. The number of rotatable bonds is 4. The molecule has 0 atom stereocenters. The third kappa shape index (κ3) is 3.75. The second kappa shape index (κ2) is 6.51. The molecule has 6 nitrogen and oxygen atoms in total. The fourth-order valence-corrected chi connectivity index (χ4v) is 3.99. The number of carbonyl (C=O) groups excluding carboxylic acids is 1. The van der Waals surface area contributed by atoms with Crippen LogP contribution in [0, 0.1) is 11.7 Å². The van der Waals surface area contributed by atoms with Crippen LogP contribution in [0.3, 0.4) is 0 Å². The Morgan fingerprint density at radius 2 is 1.80 bits per heavy atom. The summed E-state index contributed by atoms with van der Waals surface area (Å²) in [6, 6.07) is 3.14. The molecule has 0 aromatic heterocycles. The van der Waals surface area contributed by atoms with Crippen molar-refractivity contribution in [1.29, 1.82) is 0 Å². The van der Waals surface area contributed by atoms with Gasteiger partial charge in [0.15, 0.2) is 0 Å². The lowest BCUT2D eigenvalue weighted by atomic mass is 10.2. The third-order valence-electron chi connectivity index (χ3n) is 4.50. The number of primary sulfonamides is 1. The number of benzene rings is 1. The molecule has 25 heavy (non-hydrogen) atoms. The number of amides is 1. The Hall–Kier alpha value is -1.77. The average molecular weight is 367 g/mol. The molecule has 3 rings (SSSR count). The van der Waals surface area contributed by atoms with Crippen molar-refractivity contribution in [3.8, 4) is 0 Å². The Kier molecular flexibility index (Phi) is 4.70. The minimum atomic E-state index is -3.99. The van der Waals surface area contributed by atoms with E-state index in [1.54, 1.807) is 4.90 Å². The van der Waals surface area contributed by atoms with E-state index >= 15 is 0 Å². The zero-order valence-electron chi connectivity index (χ0n) is 14.3. The molecule has 0 bridgehead atoms. The highest BCUT2D eigenvalue weighted by Crippen LogP contribution is 2.28. The smallest absolute Gasteiger partial charge is 0.257 e. The van der Waals surface area contributed by atoms with Crippen LogP contribution in [-0.2, 0) is 10.0 Å². The molecular formula is C17H22FN3O3S. The first-order valence-electron chi connectivity index (χ1n) is 8.19. The van der Waals surface area contributed by atoms with Crippen LogP contribution in [0.5, 0.6) is 0 Å². The zero-order chi connectivity index (χ0) is 18.4. The molecule has 2 aliphatic rings. The van der Waals surface area contributed by atoms with Crippen LogP contribution < -0.4 is 5.14 Å². The zero-order valence-corrected chi connectivity index (χ0v) is 15.1. The van der Waals surface area contributed by atoms with Crippen molar-refractivity contribution >= 4 is 15.9 Å². The Bertz CT molecular complexity index is 831. The van der Waals surface area contributed by atoms with Gasteiger partial charge >= 0.3 is 0 Å². The number of hydrogen-bond donors (Lipinski definition) is 1. The molecule has 0 radical (unpaired) electrons. The number of carbonyl (C=O) groups is 1. The monoisotopic (exact) mass is 367 g/mol. The molecule has 0 aliphatic carbocycles. The molecule has 2 aliphatic heterocycles. The number of hydrogen-bond acceptors (Lipinski definition) is 4. The summed E-state index contributed by atoms with van der Waals surface area (Å²) in [6.07, 6.45) is 0. The van der Waals surface area contributed by atoms with Crippen molar-refractivity contribution in [3.63, 3.8) is 0 Å². The number of nitrogens with zero attached hydrogens (tertiary/aromatic N) is 2. The fourth-order valence-electron chi connectivity index (χ4n) is 3.47. The lowest BCUT2D eigenvalue weighted by Gasteiger charge is -2.24. The number of halogens is 1. The van der Waals surface area contributed by atoms with Crippen LogP contribution in [0.25, 0.3) is 0 Å². The summed E-state index contributed by atoms with van der Waals surface area (Å²) in [5, 5.41) is 4.98. The Balaban J connectivity index is 1.69. The van der Waals surface area contributed by atoms with Crippen molar-refractivity contribution < 1.29 is 17.6 Å². The van der Waals surface area contributed by atoms with Gasteiger partial charge in [0.2, 0.25) is 10.0 Å². The first kappa shape index (κ1) is 18.0. The van der Waals surface area contributed by atoms with Gasteiger partial charge in [-0.3, -0.25) is 9.69 Å². The van der Waals surface area contributed by atoms with Gasteiger partial charge in [0.25, 0.3) is 5.91 Å². The van der Waals surface area contributed by atoms with Crippen LogP contribution in [0.4, 0.5) is 4.39 Å². The molecular weight excluding hydrogens is 345 g/mol. The van der Waals surface area contributed by atoms with E-state index in [0.29, 0.717) is 19.0 Å². The summed E-state index contributed by atoms with van der Waals surface area (Å²) in [5.74, 6) is -0.711. The fraction of sp³-hybridized carbons (Fsp3) is 0.471. The van der Waals surface area contributed by atoms with Gasteiger partial charge in [-0.15, -0.1) is 0 Å². The molecule has 0 fully saturated rings. The summed E-state index contributed by atoms with van der Waals surface area (Å²) >= 11 is 0. The average Bonchev–Trinajstić information content (AvgIpc) is 3.02. The molecule has 2 N–H and O–H groups in total. The predicted molar refractivity (Wildman–Crippen MR) is 92.0 cm³/mol. The van der Waals surface area contributed by atoms with E-state index in [-0.39, 0.29) is 10.5 Å². The normalized spacial score (nSPS) is 18.4. The third-order valence-corrected chi connectivity index (χ3v) is 5.41. The van der Waals surface area contributed by atoms with Crippen LogP contribution in [0.1, 0.15) is 24.2 Å². The highest BCUT2D eigenvalue weighted by atomic mass is 32.2. The maximum atomic E-state index is 14.2. The van der Waals surface area contributed by atoms with Gasteiger partial charge in [-0.1, -0.05) is 13.8 Å². The SMILES string of the molecule is CC(C)CN1CC2=C(C1)CN(C(=O)c1ccc(S(N)(=O)=O)cc1F)C2. The Labute approximate surface area is 147 Å². The lowest BCUT2D eigenvalue weighted by Crippen LogP contribution is -2.35. The standard InChI is InChI=1S/C17H22FN3O3S/c1-11(2)6-20-7-12-9-21(10-13(12)8-20)17(22)15-4-3-14(5-16(15)18)25(19,23)24/h3-5,11H,6-10H2,1-2H3,(H2,19,23,24). The van der Waals surface area contributed by atoms with Crippen LogP contribution in [-0.4, -0.2) is 56.8 Å². The van der Waals surface area contributed by atoms with Crippen molar-refractivity contribution in [2.24, 2.45) is 11.1 Å². The van der Waals surface area contributed by atoms with Gasteiger partial charge in [-0.05, 0) is 35.3 Å². The summed E-state index contributed by atoms with van der Waals surface area (Å²) < 4.78 is 36.7. The topological polar surface area (TPSA) is 83.7 Å². The van der Waals surface area contributed by atoms with Gasteiger partial charge in [-0.2, -0.15) is 0 Å². The van der Waals surface area contributed by atoms with Gasteiger partial charge in [0.05, 0.1) is 10.5 Å². The van der Waals surface area contributed by atoms with Crippen LogP contribution >= 0.6 is 0 Å². The van der Waals surface area contributed by atoms with Crippen molar-refractivity contribution in [2.45, 2.75) is 18.7 Å². The molecule has 1 aromatic carbocycles.